The molecule has 0 aliphatic rings. The van der Waals surface area contributed by atoms with Crippen molar-refractivity contribution in [3.05, 3.63) is 48.0 Å². The maximum absolute atomic E-state index is 11.7. The number of aliphatic imine (C=N–C) groups is 1. The van der Waals surface area contributed by atoms with Crippen LogP contribution in [-0.2, 0) is 11.3 Å². The third-order valence-corrected chi connectivity index (χ3v) is 4.17. The van der Waals surface area contributed by atoms with Crippen LogP contribution in [0.1, 0.15) is 12.5 Å². The predicted octanol–water partition coefficient (Wildman–Crippen LogP) is 3.37. The number of hydrogen-bond donors (Lipinski definition) is 2. The highest BCUT2D eigenvalue weighted by molar-refractivity contribution is 14.0. The molecule has 0 aliphatic carbocycles. The number of halogens is 1. The van der Waals surface area contributed by atoms with Crippen molar-refractivity contribution in [3.8, 4) is 17.2 Å². The summed E-state index contributed by atoms with van der Waals surface area (Å²) in [5.41, 5.74) is 1.82. The van der Waals surface area contributed by atoms with Gasteiger partial charge in [-0.15, -0.1) is 24.0 Å². The van der Waals surface area contributed by atoms with Gasteiger partial charge in [0, 0.05) is 39.4 Å². The molecule has 9 heteroatoms. The van der Waals surface area contributed by atoms with Crippen LogP contribution in [0.3, 0.4) is 0 Å². The maximum atomic E-state index is 11.7. The molecule has 0 saturated carbocycles. The van der Waals surface area contributed by atoms with Crippen LogP contribution in [0.15, 0.2) is 47.5 Å². The molecular weight excluding hydrogens is 511 g/mol. The Morgan fingerprint density at radius 2 is 1.87 bits per heavy atom. The Kier molecular flexibility index (Phi) is 11.5. The minimum absolute atomic E-state index is 0. The van der Waals surface area contributed by atoms with Crippen LogP contribution in [0.25, 0.3) is 0 Å². The van der Waals surface area contributed by atoms with E-state index in [1.54, 1.807) is 28.3 Å². The maximum Gasteiger partial charge on any atom is 0.259 e. The lowest BCUT2D eigenvalue weighted by atomic mass is 10.2. The van der Waals surface area contributed by atoms with E-state index in [0.717, 1.165) is 11.3 Å². The lowest BCUT2D eigenvalue weighted by molar-refractivity contribution is -0.130. The largest absolute Gasteiger partial charge is 0.493 e. The number of rotatable bonds is 9. The van der Waals surface area contributed by atoms with E-state index in [0.29, 0.717) is 36.4 Å². The van der Waals surface area contributed by atoms with E-state index < -0.39 is 0 Å². The molecular formula is C22H31IN4O4. The van der Waals surface area contributed by atoms with Gasteiger partial charge >= 0.3 is 0 Å². The average Bonchev–Trinajstić information content (AvgIpc) is 2.75. The van der Waals surface area contributed by atoms with Gasteiger partial charge in [0.25, 0.3) is 5.91 Å². The second kappa shape index (κ2) is 13.6. The third kappa shape index (κ3) is 8.52. The molecule has 0 bridgehead atoms. The quantitative estimate of drug-likeness (QED) is 0.287. The molecule has 2 aromatic rings. The van der Waals surface area contributed by atoms with Gasteiger partial charge in [0.05, 0.1) is 13.7 Å². The first-order valence-electron chi connectivity index (χ1n) is 9.67. The van der Waals surface area contributed by atoms with Crippen LogP contribution in [0.2, 0.25) is 0 Å². The molecule has 0 unspecified atom stereocenters. The zero-order valence-corrected chi connectivity index (χ0v) is 20.9. The van der Waals surface area contributed by atoms with Gasteiger partial charge in [-0.3, -0.25) is 9.79 Å². The Bertz CT molecular complexity index is 874. The molecule has 2 rings (SSSR count). The van der Waals surface area contributed by atoms with Crippen molar-refractivity contribution in [1.82, 2.24) is 10.2 Å². The van der Waals surface area contributed by atoms with E-state index in [2.05, 4.69) is 15.6 Å². The fourth-order valence-electron chi connectivity index (χ4n) is 2.54. The lowest BCUT2D eigenvalue weighted by Gasteiger charge is -2.15. The van der Waals surface area contributed by atoms with Crippen molar-refractivity contribution in [2.45, 2.75) is 13.5 Å². The zero-order valence-electron chi connectivity index (χ0n) is 18.6. The molecule has 0 aliphatic heterocycles. The van der Waals surface area contributed by atoms with E-state index in [9.17, 15) is 4.79 Å². The third-order valence-electron chi connectivity index (χ3n) is 4.17. The van der Waals surface area contributed by atoms with E-state index in [1.807, 2.05) is 49.4 Å². The van der Waals surface area contributed by atoms with Crippen molar-refractivity contribution in [1.29, 1.82) is 0 Å². The highest BCUT2D eigenvalue weighted by atomic mass is 127. The van der Waals surface area contributed by atoms with Crippen molar-refractivity contribution in [2.75, 3.05) is 46.8 Å². The molecule has 2 aromatic carbocycles. The van der Waals surface area contributed by atoms with Crippen molar-refractivity contribution < 1.29 is 19.0 Å². The minimum Gasteiger partial charge on any atom is -0.493 e. The summed E-state index contributed by atoms with van der Waals surface area (Å²) in [6.07, 6.45) is 0. The van der Waals surface area contributed by atoms with Gasteiger partial charge in [0.1, 0.15) is 5.75 Å². The molecule has 0 spiro atoms. The first-order chi connectivity index (χ1) is 14.5. The number of nitrogens with one attached hydrogen (secondary N) is 2. The molecule has 31 heavy (non-hydrogen) atoms. The fraction of sp³-hybridized carbons (Fsp3) is 0.364. The zero-order chi connectivity index (χ0) is 21.9. The van der Waals surface area contributed by atoms with Crippen LogP contribution in [0, 0.1) is 0 Å². The molecule has 2 N–H and O–H groups in total. The summed E-state index contributed by atoms with van der Waals surface area (Å²) in [6.45, 7) is 3.01. The number of benzene rings is 2. The Morgan fingerprint density at radius 3 is 2.52 bits per heavy atom. The summed E-state index contributed by atoms with van der Waals surface area (Å²) in [4.78, 5) is 17.4. The smallest absolute Gasteiger partial charge is 0.259 e. The number of carbonyl (C=O) groups is 1. The molecule has 0 radical (unpaired) electrons. The Morgan fingerprint density at radius 1 is 1.10 bits per heavy atom. The molecule has 170 valence electrons. The summed E-state index contributed by atoms with van der Waals surface area (Å²) < 4.78 is 16.5. The molecule has 1 amide bonds. The minimum atomic E-state index is -0.0888. The van der Waals surface area contributed by atoms with Crippen molar-refractivity contribution in [2.24, 2.45) is 4.99 Å². The van der Waals surface area contributed by atoms with Crippen molar-refractivity contribution >= 4 is 41.5 Å². The molecule has 0 atom stereocenters. The number of likely N-dealkylation sites (N-methyl/N-ethyl adjacent to an activating group) is 1. The fourth-order valence-corrected chi connectivity index (χ4v) is 2.54. The second-order valence-corrected chi connectivity index (χ2v) is 6.57. The first kappa shape index (κ1) is 26.3. The number of methoxy groups -OCH3 is 1. The van der Waals surface area contributed by atoms with Gasteiger partial charge in [-0.25, -0.2) is 0 Å². The highest BCUT2D eigenvalue weighted by Crippen LogP contribution is 2.30. The van der Waals surface area contributed by atoms with E-state index in [-0.39, 0.29) is 36.5 Å². The normalized spacial score (nSPS) is 10.5. The molecule has 0 fully saturated rings. The van der Waals surface area contributed by atoms with E-state index in [4.69, 9.17) is 14.2 Å². The van der Waals surface area contributed by atoms with Crippen molar-refractivity contribution in [3.63, 3.8) is 0 Å². The predicted molar refractivity (Wildman–Crippen MR) is 134 cm³/mol. The van der Waals surface area contributed by atoms with Crippen LogP contribution in [0.5, 0.6) is 17.2 Å². The number of hydrogen-bond acceptors (Lipinski definition) is 5. The standard InChI is InChI=1S/C22H30N4O4.HI/c1-6-29-20-13-17(10-11-19(20)28-5)25-22(23-2)24-14-16-8-7-9-18(12-16)30-15-21(27)26(3)4;/h7-13H,6,14-15H2,1-5H3,(H2,23,24,25);1H. The molecule has 0 heterocycles. The number of anilines is 1. The number of ether oxygens (including phenoxy) is 3. The number of carbonyl (C=O) groups excluding carboxylic acids is 1. The van der Waals surface area contributed by atoms with Gasteiger partial charge in [-0.1, -0.05) is 12.1 Å². The Labute approximate surface area is 201 Å². The van der Waals surface area contributed by atoms with Crippen LogP contribution >= 0.6 is 24.0 Å². The summed E-state index contributed by atoms with van der Waals surface area (Å²) >= 11 is 0. The van der Waals surface area contributed by atoms with E-state index >= 15 is 0 Å². The molecule has 0 aromatic heterocycles. The number of guanidine groups is 1. The topological polar surface area (TPSA) is 84.4 Å². The lowest BCUT2D eigenvalue weighted by Crippen LogP contribution is -2.30. The Hall–Kier alpha value is -2.69. The van der Waals surface area contributed by atoms with Gasteiger partial charge < -0.3 is 29.7 Å². The molecule has 8 nitrogen and oxygen atoms in total. The molecule has 0 saturated heterocycles. The Balaban J connectivity index is 0.00000480. The van der Waals surface area contributed by atoms with Crippen LogP contribution in [-0.4, -0.2) is 58.2 Å². The number of amides is 1. The highest BCUT2D eigenvalue weighted by Gasteiger charge is 2.08. The monoisotopic (exact) mass is 542 g/mol. The SMILES string of the molecule is CCOc1cc(NC(=NC)NCc2cccc(OCC(=O)N(C)C)c2)ccc1OC.I. The van der Waals surface area contributed by atoms with Gasteiger partial charge in [-0.05, 0) is 36.8 Å². The van der Waals surface area contributed by atoms with E-state index in [1.165, 1.54) is 4.90 Å². The van der Waals surface area contributed by atoms with Crippen LogP contribution < -0.4 is 24.8 Å². The summed E-state index contributed by atoms with van der Waals surface area (Å²) in [5.74, 6) is 2.50. The second-order valence-electron chi connectivity index (χ2n) is 6.57. The first-order valence-corrected chi connectivity index (χ1v) is 9.67. The van der Waals surface area contributed by atoms with Gasteiger partial charge in [0.15, 0.2) is 24.1 Å². The van der Waals surface area contributed by atoms with Gasteiger partial charge in [0.2, 0.25) is 0 Å². The number of nitrogens with zero attached hydrogens (tertiary/aromatic N) is 2. The van der Waals surface area contributed by atoms with Crippen LogP contribution in [0.4, 0.5) is 5.69 Å². The summed E-state index contributed by atoms with van der Waals surface area (Å²) in [7, 11) is 6.71. The van der Waals surface area contributed by atoms with Gasteiger partial charge in [-0.2, -0.15) is 0 Å². The summed E-state index contributed by atoms with van der Waals surface area (Å²) in [6, 6.07) is 13.2. The average molecular weight is 542 g/mol. The summed E-state index contributed by atoms with van der Waals surface area (Å²) in [5, 5.41) is 6.50.